The fraction of sp³-hybridized carbons (Fsp3) is 0.429. The number of hydrogen-bond acceptors (Lipinski definition) is 4. The van der Waals surface area contributed by atoms with Crippen LogP contribution in [0.5, 0.6) is 0 Å². The molecule has 1 rings (SSSR count). The second kappa shape index (κ2) is 5.90. The van der Waals surface area contributed by atoms with Crippen LogP contribution >= 0.6 is 0 Å². The van der Waals surface area contributed by atoms with Crippen molar-refractivity contribution >= 4 is 17.6 Å². The third-order valence-corrected chi connectivity index (χ3v) is 2.98. The van der Waals surface area contributed by atoms with E-state index in [1.165, 1.54) is 25.1 Å². The highest BCUT2D eigenvalue weighted by molar-refractivity contribution is 5.97. The van der Waals surface area contributed by atoms with Gasteiger partial charge in [-0.2, -0.15) is 0 Å². The molecule has 1 amide bonds. The van der Waals surface area contributed by atoms with Crippen molar-refractivity contribution in [3.8, 4) is 0 Å². The number of nitrogens with zero attached hydrogens (tertiary/aromatic N) is 1. The van der Waals surface area contributed by atoms with Gasteiger partial charge in [-0.05, 0) is 18.4 Å². The van der Waals surface area contributed by atoms with Crippen LogP contribution in [-0.2, 0) is 10.2 Å². The van der Waals surface area contributed by atoms with E-state index < -0.39 is 28.3 Å². The Balaban J connectivity index is 3.18. The third kappa shape index (κ3) is 4.01. The molecule has 0 aliphatic carbocycles. The molecule has 0 saturated carbocycles. The molecule has 0 fully saturated rings. The van der Waals surface area contributed by atoms with Crippen LogP contribution in [0.3, 0.4) is 0 Å². The predicted molar refractivity (Wildman–Crippen MR) is 76.4 cm³/mol. The fourth-order valence-electron chi connectivity index (χ4n) is 1.80. The van der Waals surface area contributed by atoms with Gasteiger partial charge in [0.15, 0.2) is 0 Å². The second-order valence-electron chi connectivity index (χ2n) is 5.77. The number of carbonyl (C=O) groups excluding carboxylic acids is 1. The van der Waals surface area contributed by atoms with Crippen molar-refractivity contribution in [2.45, 2.75) is 39.2 Å². The van der Waals surface area contributed by atoms with Gasteiger partial charge in [0.05, 0.1) is 4.92 Å². The van der Waals surface area contributed by atoms with Gasteiger partial charge < -0.3 is 10.4 Å². The number of nitro benzene ring substituents is 1. The number of carboxylic acid groups (broad SMARTS) is 1. The molecule has 0 aliphatic heterocycles. The van der Waals surface area contributed by atoms with E-state index in [2.05, 4.69) is 5.32 Å². The van der Waals surface area contributed by atoms with Gasteiger partial charge in [0.25, 0.3) is 11.6 Å². The normalized spacial score (nSPS) is 12.6. The SMILES string of the molecule is CC(NC(=O)c1ccc(C(C)(C)C)c([N+](=O)[O-])c1)C(=O)O. The highest BCUT2D eigenvalue weighted by Gasteiger charge is 2.26. The van der Waals surface area contributed by atoms with Gasteiger partial charge in [0.1, 0.15) is 6.04 Å². The van der Waals surface area contributed by atoms with Gasteiger partial charge in [-0.25, -0.2) is 0 Å². The van der Waals surface area contributed by atoms with Crippen LogP contribution in [0.25, 0.3) is 0 Å². The number of carbonyl (C=O) groups is 2. The predicted octanol–water partition coefficient (Wildman–Crippen LogP) is 2.10. The van der Waals surface area contributed by atoms with E-state index in [0.29, 0.717) is 5.56 Å². The number of nitro groups is 1. The maximum absolute atomic E-state index is 11.9. The molecule has 0 saturated heterocycles. The molecule has 0 bridgehead atoms. The monoisotopic (exact) mass is 294 g/mol. The molecular weight excluding hydrogens is 276 g/mol. The molecule has 1 unspecified atom stereocenters. The van der Waals surface area contributed by atoms with Crippen molar-refractivity contribution in [2.24, 2.45) is 0 Å². The summed E-state index contributed by atoms with van der Waals surface area (Å²) in [6.45, 7) is 6.82. The maximum atomic E-state index is 11.9. The lowest BCUT2D eigenvalue weighted by atomic mass is 9.85. The number of aliphatic carboxylic acids is 1. The molecule has 1 aromatic carbocycles. The molecule has 1 atom stereocenters. The van der Waals surface area contributed by atoms with Gasteiger partial charge in [0.2, 0.25) is 0 Å². The van der Waals surface area contributed by atoms with Crippen molar-refractivity contribution in [3.63, 3.8) is 0 Å². The van der Waals surface area contributed by atoms with E-state index in [0.717, 1.165) is 0 Å². The van der Waals surface area contributed by atoms with Crippen molar-refractivity contribution in [3.05, 3.63) is 39.4 Å². The lowest BCUT2D eigenvalue weighted by molar-refractivity contribution is -0.386. The lowest BCUT2D eigenvalue weighted by Gasteiger charge is -2.19. The fourth-order valence-corrected chi connectivity index (χ4v) is 1.80. The molecule has 7 heteroatoms. The summed E-state index contributed by atoms with van der Waals surface area (Å²) < 4.78 is 0. The quantitative estimate of drug-likeness (QED) is 0.652. The molecule has 0 aromatic heterocycles. The molecule has 114 valence electrons. The van der Waals surface area contributed by atoms with Crippen LogP contribution in [0, 0.1) is 10.1 Å². The van der Waals surface area contributed by atoms with Gasteiger partial charge in [-0.15, -0.1) is 0 Å². The van der Waals surface area contributed by atoms with Crippen molar-refractivity contribution in [1.29, 1.82) is 0 Å². The van der Waals surface area contributed by atoms with Crippen LogP contribution in [0.2, 0.25) is 0 Å². The summed E-state index contributed by atoms with van der Waals surface area (Å²) in [5.74, 6) is -1.84. The minimum Gasteiger partial charge on any atom is -0.480 e. The van der Waals surface area contributed by atoms with E-state index in [1.807, 2.05) is 20.8 Å². The molecule has 0 heterocycles. The van der Waals surface area contributed by atoms with E-state index in [9.17, 15) is 19.7 Å². The summed E-state index contributed by atoms with van der Waals surface area (Å²) >= 11 is 0. The van der Waals surface area contributed by atoms with Gasteiger partial charge in [-0.3, -0.25) is 19.7 Å². The van der Waals surface area contributed by atoms with Crippen LogP contribution in [0.15, 0.2) is 18.2 Å². The minimum absolute atomic E-state index is 0.0581. The number of rotatable bonds is 4. The maximum Gasteiger partial charge on any atom is 0.325 e. The second-order valence-corrected chi connectivity index (χ2v) is 5.77. The number of carboxylic acids is 1. The van der Waals surface area contributed by atoms with Crippen molar-refractivity contribution in [1.82, 2.24) is 5.32 Å². The van der Waals surface area contributed by atoms with Crippen LogP contribution < -0.4 is 5.32 Å². The number of hydrogen-bond donors (Lipinski definition) is 2. The Bertz CT molecular complexity index is 590. The number of amides is 1. The Morgan fingerprint density at radius 3 is 2.33 bits per heavy atom. The highest BCUT2D eigenvalue weighted by Crippen LogP contribution is 2.31. The summed E-state index contributed by atoms with van der Waals surface area (Å²) in [6.07, 6.45) is 0. The first-order valence-corrected chi connectivity index (χ1v) is 6.36. The molecule has 0 radical (unpaired) electrons. The summed E-state index contributed by atoms with van der Waals surface area (Å²) in [5, 5.41) is 22.2. The average molecular weight is 294 g/mol. The summed E-state index contributed by atoms with van der Waals surface area (Å²) in [4.78, 5) is 33.2. The average Bonchev–Trinajstić information content (AvgIpc) is 2.36. The molecule has 0 aliphatic rings. The summed E-state index contributed by atoms with van der Waals surface area (Å²) in [6, 6.07) is 3.08. The zero-order chi connectivity index (χ0) is 16.4. The van der Waals surface area contributed by atoms with E-state index >= 15 is 0 Å². The Hall–Kier alpha value is -2.44. The van der Waals surface area contributed by atoms with Crippen LogP contribution in [-0.4, -0.2) is 27.9 Å². The minimum atomic E-state index is -1.18. The molecule has 0 spiro atoms. The van der Waals surface area contributed by atoms with Crippen molar-refractivity contribution in [2.75, 3.05) is 0 Å². The standard InChI is InChI=1S/C14H18N2O5/c1-8(13(18)19)15-12(17)9-5-6-10(14(2,3)4)11(7-9)16(20)21/h5-8H,1-4H3,(H,15,17)(H,18,19). The van der Waals surface area contributed by atoms with Gasteiger partial charge in [0, 0.05) is 17.2 Å². The topological polar surface area (TPSA) is 110 Å². The van der Waals surface area contributed by atoms with Gasteiger partial charge in [-0.1, -0.05) is 26.8 Å². The van der Waals surface area contributed by atoms with E-state index in [-0.39, 0.29) is 11.3 Å². The molecule has 7 nitrogen and oxygen atoms in total. The van der Waals surface area contributed by atoms with Crippen LogP contribution in [0.1, 0.15) is 43.6 Å². The number of nitrogens with one attached hydrogen (secondary N) is 1. The highest BCUT2D eigenvalue weighted by atomic mass is 16.6. The lowest BCUT2D eigenvalue weighted by Crippen LogP contribution is -2.38. The summed E-state index contributed by atoms with van der Waals surface area (Å²) in [5.41, 5.74) is -0.0255. The Kier molecular flexibility index (Phi) is 4.67. The Morgan fingerprint density at radius 1 is 1.33 bits per heavy atom. The smallest absolute Gasteiger partial charge is 0.325 e. The van der Waals surface area contributed by atoms with E-state index in [4.69, 9.17) is 5.11 Å². The Labute approximate surface area is 122 Å². The third-order valence-electron chi connectivity index (χ3n) is 2.98. The van der Waals surface area contributed by atoms with Crippen LogP contribution in [0.4, 0.5) is 5.69 Å². The Morgan fingerprint density at radius 2 is 1.90 bits per heavy atom. The molecule has 2 N–H and O–H groups in total. The van der Waals surface area contributed by atoms with Crippen molar-refractivity contribution < 1.29 is 19.6 Å². The van der Waals surface area contributed by atoms with E-state index in [1.54, 1.807) is 0 Å². The first-order valence-electron chi connectivity index (χ1n) is 6.36. The zero-order valence-electron chi connectivity index (χ0n) is 12.3. The number of benzene rings is 1. The first-order chi connectivity index (χ1) is 9.54. The zero-order valence-corrected chi connectivity index (χ0v) is 12.3. The largest absolute Gasteiger partial charge is 0.480 e. The molecule has 1 aromatic rings. The summed E-state index contributed by atoms with van der Waals surface area (Å²) in [7, 11) is 0. The molecular formula is C14H18N2O5. The first kappa shape index (κ1) is 16.6. The molecule has 21 heavy (non-hydrogen) atoms. The van der Waals surface area contributed by atoms with Gasteiger partial charge >= 0.3 is 5.97 Å².